The molecule has 2 heterocycles. The van der Waals surface area contributed by atoms with Crippen LogP contribution in [0.25, 0.3) is 11.1 Å². The van der Waals surface area contributed by atoms with E-state index in [4.69, 9.17) is 14.7 Å². The van der Waals surface area contributed by atoms with Crippen molar-refractivity contribution >= 4 is 6.09 Å². The van der Waals surface area contributed by atoms with E-state index in [-0.39, 0.29) is 24.1 Å². The molecule has 2 aromatic carbocycles. The minimum absolute atomic E-state index is 0.0157. The van der Waals surface area contributed by atoms with E-state index >= 15 is 0 Å². The molecule has 1 aliphatic carbocycles. The van der Waals surface area contributed by atoms with Gasteiger partial charge in [-0.1, -0.05) is 60.2 Å². The van der Waals surface area contributed by atoms with Gasteiger partial charge in [0.15, 0.2) is 0 Å². The van der Waals surface area contributed by atoms with E-state index in [0.717, 1.165) is 12.8 Å². The Morgan fingerprint density at radius 3 is 2.47 bits per heavy atom. The highest BCUT2D eigenvalue weighted by Gasteiger charge is 2.39. The van der Waals surface area contributed by atoms with Crippen molar-refractivity contribution in [3.63, 3.8) is 0 Å². The summed E-state index contributed by atoms with van der Waals surface area (Å²) in [7, 11) is 0. The summed E-state index contributed by atoms with van der Waals surface area (Å²) in [5, 5.41) is 8.87. The van der Waals surface area contributed by atoms with Crippen LogP contribution in [-0.2, 0) is 9.47 Å². The van der Waals surface area contributed by atoms with Gasteiger partial charge in [-0.15, -0.1) is 0 Å². The largest absolute Gasteiger partial charge is 0.448 e. The summed E-state index contributed by atoms with van der Waals surface area (Å²) >= 11 is 0. The molecule has 1 fully saturated rings. The first-order valence-electron chi connectivity index (χ1n) is 10.5. The van der Waals surface area contributed by atoms with Crippen LogP contribution in [-0.4, -0.2) is 42.9 Å². The zero-order valence-corrected chi connectivity index (χ0v) is 16.8. The zero-order valence-electron chi connectivity index (χ0n) is 16.8. The maximum absolute atomic E-state index is 13.1. The molecule has 0 radical (unpaired) electrons. The normalized spacial score (nSPS) is 22.0. The maximum Gasteiger partial charge on any atom is 0.410 e. The molecule has 2 atom stereocenters. The molecule has 152 valence electrons. The number of carbonyl (C=O) groups is 1. The van der Waals surface area contributed by atoms with E-state index in [1.165, 1.54) is 27.8 Å². The van der Waals surface area contributed by atoms with Crippen LogP contribution in [0.15, 0.2) is 60.2 Å². The van der Waals surface area contributed by atoms with E-state index in [0.29, 0.717) is 26.2 Å². The Morgan fingerprint density at radius 1 is 1.10 bits per heavy atom. The monoisotopic (exact) mass is 400 g/mol. The molecule has 5 nitrogen and oxygen atoms in total. The number of hydrogen-bond acceptors (Lipinski definition) is 4. The molecule has 2 unspecified atom stereocenters. The second-order valence-electron chi connectivity index (χ2n) is 8.16. The van der Waals surface area contributed by atoms with Crippen LogP contribution in [0.3, 0.4) is 0 Å². The van der Waals surface area contributed by atoms with Crippen molar-refractivity contribution in [2.75, 3.05) is 19.8 Å². The predicted molar refractivity (Wildman–Crippen MR) is 113 cm³/mol. The Kier molecular flexibility index (Phi) is 5.02. The number of carbonyl (C=O) groups excluding carboxylic acids is 1. The number of morpholine rings is 1. The smallest absolute Gasteiger partial charge is 0.410 e. The minimum Gasteiger partial charge on any atom is -0.448 e. The quantitative estimate of drug-likeness (QED) is 0.702. The fraction of sp³-hybridized carbons (Fsp3) is 0.360. The number of ether oxygens (including phenoxy) is 2. The van der Waals surface area contributed by atoms with E-state index in [2.05, 4.69) is 48.5 Å². The van der Waals surface area contributed by atoms with Gasteiger partial charge in [-0.3, -0.25) is 4.90 Å². The summed E-state index contributed by atoms with van der Waals surface area (Å²) in [6.07, 6.45) is 3.85. The number of hydrogen-bond donors (Lipinski definition) is 0. The van der Waals surface area contributed by atoms with E-state index in [1.807, 2.05) is 17.0 Å². The number of fused-ring (bicyclic) bond motifs is 5. The number of rotatable bonds is 4. The third-order valence-corrected chi connectivity index (χ3v) is 6.38. The van der Waals surface area contributed by atoms with Gasteiger partial charge in [-0.25, -0.2) is 4.79 Å². The van der Waals surface area contributed by atoms with Crippen LogP contribution < -0.4 is 0 Å². The summed E-state index contributed by atoms with van der Waals surface area (Å²) in [6.45, 7) is 1.33. The fourth-order valence-electron chi connectivity index (χ4n) is 5.04. The van der Waals surface area contributed by atoms with Gasteiger partial charge in [0.05, 0.1) is 31.4 Å². The number of benzene rings is 2. The Labute approximate surface area is 176 Å². The van der Waals surface area contributed by atoms with Crippen LogP contribution in [0.1, 0.15) is 36.3 Å². The molecule has 30 heavy (non-hydrogen) atoms. The molecular formula is C25H24N2O3. The average molecular weight is 400 g/mol. The summed E-state index contributed by atoms with van der Waals surface area (Å²) < 4.78 is 11.6. The van der Waals surface area contributed by atoms with Gasteiger partial charge >= 0.3 is 6.09 Å². The summed E-state index contributed by atoms with van der Waals surface area (Å²) in [5.41, 5.74) is 6.13. The van der Waals surface area contributed by atoms with Gasteiger partial charge in [0.1, 0.15) is 6.61 Å². The Bertz CT molecular complexity index is 993. The van der Waals surface area contributed by atoms with Crippen LogP contribution in [0.2, 0.25) is 0 Å². The Hall–Kier alpha value is -3.10. The van der Waals surface area contributed by atoms with Gasteiger partial charge in [-0.05, 0) is 35.1 Å². The first kappa shape index (κ1) is 18.9. The molecule has 5 heteroatoms. The highest BCUT2D eigenvalue weighted by atomic mass is 16.6. The summed E-state index contributed by atoms with van der Waals surface area (Å²) in [6, 6.07) is 18.8. The van der Waals surface area contributed by atoms with Crippen molar-refractivity contribution < 1.29 is 14.3 Å². The first-order valence-corrected chi connectivity index (χ1v) is 10.5. The van der Waals surface area contributed by atoms with Crippen LogP contribution in [0.4, 0.5) is 4.79 Å². The van der Waals surface area contributed by atoms with E-state index in [1.54, 1.807) is 0 Å². The van der Waals surface area contributed by atoms with Crippen molar-refractivity contribution in [3.05, 3.63) is 71.3 Å². The lowest BCUT2D eigenvalue weighted by atomic mass is 9.92. The van der Waals surface area contributed by atoms with E-state index in [9.17, 15) is 4.79 Å². The van der Waals surface area contributed by atoms with Crippen LogP contribution in [0.5, 0.6) is 0 Å². The third-order valence-electron chi connectivity index (χ3n) is 6.38. The van der Waals surface area contributed by atoms with Gasteiger partial charge in [0.25, 0.3) is 0 Å². The summed E-state index contributed by atoms with van der Waals surface area (Å²) in [5.74, 6) is 0.0592. The molecule has 0 spiro atoms. The molecular weight excluding hydrogens is 376 g/mol. The van der Waals surface area contributed by atoms with Crippen molar-refractivity contribution in [3.8, 4) is 17.2 Å². The molecule has 1 saturated heterocycles. The molecule has 1 amide bonds. The molecule has 2 bridgehead atoms. The van der Waals surface area contributed by atoms with Crippen molar-refractivity contribution in [1.29, 1.82) is 5.26 Å². The molecule has 2 aliphatic heterocycles. The lowest BCUT2D eigenvalue weighted by molar-refractivity contribution is -0.0365. The topological polar surface area (TPSA) is 62.6 Å². The SMILES string of the molecule is N#CCCC1=CC2COCC(C1)N2C(=O)OCC1c2ccccc2-c2ccccc21. The second-order valence-corrected chi connectivity index (χ2v) is 8.16. The van der Waals surface area contributed by atoms with Crippen LogP contribution >= 0.6 is 0 Å². The highest BCUT2D eigenvalue weighted by Crippen LogP contribution is 2.44. The van der Waals surface area contributed by atoms with Gasteiger partial charge in [0.2, 0.25) is 0 Å². The van der Waals surface area contributed by atoms with Crippen molar-refractivity contribution in [2.45, 2.75) is 37.3 Å². The molecule has 3 aliphatic rings. The Morgan fingerprint density at radius 2 is 1.80 bits per heavy atom. The first-order chi connectivity index (χ1) is 14.8. The second kappa shape index (κ2) is 7.97. The third kappa shape index (κ3) is 3.28. The predicted octanol–water partition coefficient (Wildman–Crippen LogP) is 4.64. The highest BCUT2D eigenvalue weighted by molar-refractivity contribution is 5.79. The zero-order chi connectivity index (χ0) is 20.5. The minimum atomic E-state index is -0.272. The molecule has 0 N–H and O–H groups in total. The lowest BCUT2D eigenvalue weighted by Crippen LogP contribution is -2.56. The van der Waals surface area contributed by atoms with Gasteiger partial charge in [-0.2, -0.15) is 5.26 Å². The molecule has 5 rings (SSSR count). The number of amides is 1. The van der Waals surface area contributed by atoms with Crippen LogP contribution in [0, 0.1) is 11.3 Å². The maximum atomic E-state index is 13.1. The Balaban J connectivity index is 1.32. The standard InChI is InChI=1S/C25H24N2O3/c26-11-5-6-17-12-18-14-29-15-19(13-17)27(18)25(28)30-16-24-22-9-3-1-7-20(22)21-8-2-4-10-23(21)24/h1-4,7-10,12,18-19,24H,5-6,13-16H2. The molecule has 0 saturated carbocycles. The summed E-state index contributed by atoms with van der Waals surface area (Å²) in [4.78, 5) is 14.9. The van der Waals surface area contributed by atoms with Crippen molar-refractivity contribution in [2.24, 2.45) is 0 Å². The molecule has 0 aromatic heterocycles. The number of nitrogens with zero attached hydrogens (tertiary/aromatic N) is 2. The lowest BCUT2D eigenvalue weighted by Gasteiger charge is -2.43. The van der Waals surface area contributed by atoms with Gasteiger partial charge in [0, 0.05) is 12.3 Å². The molecule has 2 aromatic rings. The average Bonchev–Trinajstić information content (AvgIpc) is 3.09. The van der Waals surface area contributed by atoms with Gasteiger partial charge < -0.3 is 9.47 Å². The van der Waals surface area contributed by atoms with E-state index < -0.39 is 0 Å². The fourth-order valence-corrected chi connectivity index (χ4v) is 5.04. The number of nitriles is 1. The van der Waals surface area contributed by atoms with Crippen molar-refractivity contribution in [1.82, 2.24) is 4.90 Å².